The van der Waals surface area contributed by atoms with E-state index in [2.05, 4.69) is 0 Å². The molecule has 15 nitrogen and oxygen atoms in total. The summed E-state index contributed by atoms with van der Waals surface area (Å²) in [5, 5.41) is 25.8. The zero-order chi connectivity index (χ0) is 44.9. The van der Waals surface area contributed by atoms with Crippen LogP contribution in [-0.4, -0.2) is 100 Å². The number of rotatable bonds is 10. The summed E-state index contributed by atoms with van der Waals surface area (Å²) in [7, 11) is 0. The average molecular weight is 890 g/mol. The minimum absolute atomic E-state index is 0. The van der Waals surface area contributed by atoms with Gasteiger partial charge in [0.05, 0.1) is 41.2 Å². The summed E-state index contributed by atoms with van der Waals surface area (Å²) in [6, 6.07) is 23.0. The number of carbonyl (C=O) groups excluding carboxylic acids is 6. The number of aliphatic hydroxyl groups excluding tert-OH is 1. The number of carbonyl (C=O) groups is 6. The molecule has 336 valence electrons. The molecule has 16 heteroatoms. The van der Waals surface area contributed by atoms with Crippen LogP contribution in [0.2, 0.25) is 0 Å². The summed E-state index contributed by atoms with van der Waals surface area (Å²) in [5.74, 6) is -6.99. The predicted molar refractivity (Wildman–Crippen MR) is 225 cm³/mol. The molecule has 7 rings (SSSR count). The van der Waals surface area contributed by atoms with E-state index in [1.807, 2.05) is 0 Å². The topological polar surface area (TPSA) is 224 Å². The third-order valence-corrected chi connectivity index (χ3v) is 13.4. The minimum atomic E-state index is -2.38. The Morgan fingerprint density at radius 1 is 0.810 bits per heavy atom. The highest BCUT2D eigenvalue weighted by atomic mass is 35.5. The molecule has 3 aromatic carbocycles. The SMILES string of the molecule is CC(=O)O[C@H]1C(=O)[C@@]2(C)[C@H]([C@H](OC(=O)c3ccccc3)[C@]3(O)C[C@H](OC(=O)[C@H](OC(=O)c4ccccc4)[C@@H](N)c4ccccc4)C(C)=C1C3(C)C)[C@]1(OC(C)=O)CO[C@@H]1C[C@@H]2O.Cl. The number of Topliss-reactive ketones (excluding diaryl/α,β-unsaturated/α-hetero) is 1. The van der Waals surface area contributed by atoms with Crippen molar-refractivity contribution in [2.75, 3.05) is 6.61 Å². The summed E-state index contributed by atoms with van der Waals surface area (Å²) in [4.78, 5) is 84.0. The zero-order valence-corrected chi connectivity index (χ0v) is 36.5. The van der Waals surface area contributed by atoms with E-state index in [0.717, 1.165) is 13.8 Å². The van der Waals surface area contributed by atoms with Crippen molar-refractivity contribution in [3.63, 3.8) is 0 Å². The van der Waals surface area contributed by atoms with Crippen LogP contribution in [0.25, 0.3) is 0 Å². The fraction of sp³-hybridized carbons (Fsp3) is 0.447. The van der Waals surface area contributed by atoms with Gasteiger partial charge in [0.15, 0.2) is 17.5 Å². The van der Waals surface area contributed by atoms with E-state index in [4.69, 9.17) is 34.2 Å². The highest BCUT2D eigenvalue weighted by Gasteiger charge is 2.78. The van der Waals surface area contributed by atoms with Crippen LogP contribution in [0.1, 0.15) is 86.7 Å². The third-order valence-electron chi connectivity index (χ3n) is 13.4. The van der Waals surface area contributed by atoms with Crippen LogP contribution in [0.4, 0.5) is 0 Å². The van der Waals surface area contributed by atoms with Crippen molar-refractivity contribution < 1.29 is 67.4 Å². The smallest absolute Gasteiger partial charge is 0.350 e. The molecule has 2 saturated carbocycles. The molecule has 11 atom stereocenters. The Morgan fingerprint density at radius 3 is 1.89 bits per heavy atom. The third kappa shape index (κ3) is 7.94. The lowest BCUT2D eigenvalue weighted by Gasteiger charge is -2.67. The Morgan fingerprint density at radius 2 is 1.37 bits per heavy atom. The molecule has 3 aromatic rings. The molecule has 3 fully saturated rings. The molecule has 1 heterocycles. The molecule has 63 heavy (non-hydrogen) atoms. The molecule has 4 N–H and O–H groups in total. The molecule has 2 bridgehead atoms. The number of benzene rings is 3. The van der Waals surface area contributed by atoms with Crippen LogP contribution in [-0.2, 0) is 47.6 Å². The highest BCUT2D eigenvalue weighted by molar-refractivity contribution is 5.96. The van der Waals surface area contributed by atoms with E-state index in [1.165, 1.54) is 31.2 Å². The second-order valence-electron chi connectivity index (χ2n) is 17.3. The van der Waals surface area contributed by atoms with Gasteiger partial charge in [-0.25, -0.2) is 14.4 Å². The maximum Gasteiger partial charge on any atom is 0.350 e. The number of ketones is 1. The van der Waals surface area contributed by atoms with Crippen molar-refractivity contribution in [3.05, 3.63) is 119 Å². The van der Waals surface area contributed by atoms with Crippen molar-refractivity contribution in [3.8, 4) is 0 Å². The first kappa shape index (κ1) is 47.0. The van der Waals surface area contributed by atoms with Crippen molar-refractivity contribution in [2.24, 2.45) is 22.5 Å². The molecular weight excluding hydrogens is 838 g/mol. The van der Waals surface area contributed by atoms with Gasteiger partial charge in [0, 0.05) is 32.1 Å². The molecule has 0 radical (unpaired) electrons. The lowest BCUT2D eigenvalue weighted by molar-refractivity contribution is -0.346. The Bertz CT molecular complexity index is 2290. The quantitative estimate of drug-likeness (QED) is 0.144. The Kier molecular flexibility index (Phi) is 13.1. The van der Waals surface area contributed by atoms with Crippen LogP contribution in [0, 0.1) is 16.7 Å². The highest BCUT2D eigenvalue weighted by Crippen LogP contribution is 2.64. The molecule has 1 aliphatic heterocycles. The summed E-state index contributed by atoms with van der Waals surface area (Å²) in [6.07, 6.45) is -10.2. The summed E-state index contributed by atoms with van der Waals surface area (Å²) >= 11 is 0. The largest absolute Gasteiger partial charge is 0.455 e. The van der Waals surface area contributed by atoms with E-state index in [9.17, 15) is 34.2 Å². The fourth-order valence-corrected chi connectivity index (χ4v) is 10.1. The number of hydrogen-bond acceptors (Lipinski definition) is 15. The first-order chi connectivity index (χ1) is 29.3. The van der Waals surface area contributed by atoms with Gasteiger partial charge in [0.25, 0.3) is 0 Å². The van der Waals surface area contributed by atoms with Gasteiger partial charge in [-0.15, -0.1) is 12.4 Å². The van der Waals surface area contributed by atoms with Crippen LogP contribution >= 0.6 is 12.4 Å². The van der Waals surface area contributed by atoms with Crippen molar-refractivity contribution in [1.29, 1.82) is 0 Å². The Balaban J connectivity index is 0.00000661. The summed E-state index contributed by atoms with van der Waals surface area (Å²) < 4.78 is 36.3. The lowest BCUT2D eigenvalue weighted by atomic mass is 9.44. The Labute approximate surface area is 370 Å². The lowest BCUT2D eigenvalue weighted by Crippen LogP contribution is -2.82. The summed E-state index contributed by atoms with van der Waals surface area (Å²) in [6.45, 7) is 8.04. The van der Waals surface area contributed by atoms with Gasteiger partial charge in [0.2, 0.25) is 6.10 Å². The maximum atomic E-state index is 15.5. The van der Waals surface area contributed by atoms with Gasteiger partial charge in [-0.05, 0) is 54.8 Å². The van der Waals surface area contributed by atoms with Crippen LogP contribution in [0.5, 0.6) is 0 Å². The first-order valence-electron chi connectivity index (χ1n) is 20.4. The molecule has 3 aliphatic carbocycles. The molecule has 4 aliphatic rings. The Hall–Kier alpha value is -5.45. The number of halogens is 1. The molecule has 0 spiro atoms. The second-order valence-corrected chi connectivity index (χ2v) is 17.3. The van der Waals surface area contributed by atoms with E-state index in [-0.39, 0.29) is 47.7 Å². The molecule has 1 saturated heterocycles. The maximum absolute atomic E-state index is 15.5. The molecular formula is C47H52ClNO14. The second kappa shape index (κ2) is 17.6. The van der Waals surface area contributed by atoms with Gasteiger partial charge >= 0.3 is 29.8 Å². The van der Waals surface area contributed by atoms with Crippen molar-refractivity contribution >= 4 is 48.0 Å². The molecule has 0 unspecified atom stereocenters. The number of nitrogens with two attached hydrogens (primary N) is 1. The summed E-state index contributed by atoms with van der Waals surface area (Å²) in [5.41, 5.74) is -0.378. The van der Waals surface area contributed by atoms with Crippen LogP contribution < -0.4 is 5.73 Å². The number of ether oxygens (including phenoxy) is 6. The van der Waals surface area contributed by atoms with Crippen LogP contribution in [0.3, 0.4) is 0 Å². The van der Waals surface area contributed by atoms with E-state index in [1.54, 1.807) is 87.5 Å². The number of fused-ring (bicyclic) bond motifs is 5. The van der Waals surface area contributed by atoms with E-state index >= 15 is 4.79 Å². The number of esters is 5. The first-order valence-corrected chi connectivity index (χ1v) is 20.4. The van der Waals surface area contributed by atoms with E-state index < -0.39 is 113 Å². The zero-order valence-electron chi connectivity index (χ0n) is 35.7. The normalized spacial score (nSPS) is 31.3. The molecule has 0 aromatic heterocycles. The number of aliphatic hydroxyl groups is 2. The van der Waals surface area contributed by atoms with Gasteiger partial charge in [-0.2, -0.15) is 0 Å². The fourth-order valence-electron chi connectivity index (χ4n) is 10.1. The van der Waals surface area contributed by atoms with Crippen molar-refractivity contribution in [1.82, 2.24) is 0 Å². The average Bonchev–Trinajstić information content (AvgIpc) is 3.24. The molecule has 0 amide bonds. The van der Waals surface area contributed by atoms with E-state index in [0.29, 0.717) is 5.56 Å². The minimum Gasteiger partial charge on any atom is -0.455 e. The predicted octanol–water partition coefficient (Wildman–Crippen LogP) is 4.55. The standard InChI is InChI=1S/C47H51NO14.ClH/c1-25-31(59-43(55)37(35(48)28-16-10-7-11-17-28)60-41(53)29-18-12-8-13-19-29)23-47(56)40(61-42(54)30-20-14-9-15-21-30)38-45(6,32(51)22-33-46(38,24-57-33)62-27(3)50)39(52)36(58-26(2)49)34(25)44(47,4)5;/h7-21,31-33,35-38,40,51,56H,22-24,48H2,1-6H3;1H/t31-,32-,33+,35-,36+,37+,38-,40-,45+,46-,47+;/m0./s1. The van der Waals surface area contributed by atoms with Gasteiger partial charge in [-0.1, -0.05) is 80.6 Å². The van der Waals surface area contributed by atoms with Gasteiger partial charge < -0.3 is 44.4 Å². The monoisotopic (exact) mass is 889 g/mol. The van der Waals surface area contributed by atoms with Crippen LogP contribution in [0.15, 0.2) is 102 Å². The van der Waals surface area contributed by atoms with Crippen molar-refractivity contribution in [2.45, 2.75) is 108 Å². The van der Waals surface area contributed by atoms with Gasteiger partial charge in [0.1, 0.15) is 23.9 Å². The van der Waals surface area contributed by atoms with Gasteiger partial charge in [-0.3, -0.25) is 14.4 Å². The number of hydrogen-bond donors (Lipinski definition) is 3.